The first kappa shape index (κ1) is 14.0. The average molecular weight is 308 g/mol. The maximum Gasteiger partial charge on any atom is 0.246 e. The lowest BCUT2D eigenvalue weighted by molar-refractivity contribution is 0.395. The minimum atomic E-state index is -3.56. The molecule has 3 rings (SSSR count). The van der Waals surface area contributed by atoms with Crippen LogP contribution >= 0.6 is 0 Å². The Kier molecular flexibility index (Phi) is 3.64. The Hall–Kier alpha value is -1.93. The lowest BCUT2D eigenvalue weighted by Crippen LogP contribution is -2.29. The summed E-state index contributed by atoms with van der Waals surface area (Å²) in [6.07, 6.45) is 4.07. The van der Waals surface area contributed by atoms with Crippen LogP contribution in [0.3, 0.4) is 0 Å². The Balaban J connectivity index is 1.86. The number of methoxy groups -OCH3 is 1. The number of nitrogens with zero attached hydrogens (tertiary/aromatic N) is 4. The van der Waals surface area contributed by atoms with Crippen LogP contribution in [0.15, 0.2) is 41.6 Å². The summed E-state index contributed by atoms with van der Waals surface area (Å²) in [7, 11) is -2.09. The first-order valence-corrected chi connectivity index (χ1v) is 8.06. The molecule has 1 aliphatic heterocycles. The van der Waals surface area contributed by atoms with Crippen molar-refractivity contribution in [3.8, 4) is 5.75 Å². The van der Waals surface area contributed by atoms with Crippen LogP contribution in [0.5, 0.6) is 5.75 Å². The van der Waals surface area contributed by atoms with Crippen molar-refractivity contribution >= 4 is 10.0 Å². The molecule has 1 aliphatic rings. The van der Waals surface area contributed by atoms with E-state index in [4.69, 9.17) is 4.74 Å². The molecule has 2 aromatic rings. The van der Waals surface area contributed by atoms with Gasteiger partial charge in [-0.05, 0) is 18.6 Å². The molecule has 0 bridgehead atoms. The van der Waals surface area contributed by atoms with Crippen molar-refractivity contribution in [1.82, 2.24) is 19.3 Å². The zero-order valence-corrected chi connectivity index (χ0v) is 12.4. The van der Waals surface area contributed by atoms with Gasteiger partial charge >= 0.3 is 0 Å². The first-order chi connectivity index (χ1) is 10.1. The second-order valence-corrected chi connectivity index (χ2v) is 6.75. The van der Waals surface area contributed by atoms with Crippen LogP contribution in [0, 0.1) is 0 Å². The summed E-state index contributed by atoms with van der Waals surface area (Å²) < 4.78 is 33.8. The first-order valence-electron chi connectivity index (χ1n) is 6.62. The summed E-state index contributed by atoms with van der Waals surface area (Å²) in [5, 5.41) is 7.71. The number of hydrogen-bond acceptors (Lipinski definition) is 5. The van der Waals surface area contributed by atoms with Crippen LogP contribution in [0.2, 0.25) is 0 Å². The number of sulfonamides is 1. The molecule has 0 amide bonds. The molecule has 7 nitrogen and oxygen atoms in total. The molecule has 2 heterocycles. The van der Waals surface area contributed by atoms with E-state index in [-0.39, 0.29) is 10.9 Å². The van der Waals surface area contributed by atoms with Crippen molar-refractivity contribution in [1.29, 1.82) is 0 Å². The highest BCUT2D eigenvalue weighted by atomic mass is 32.2. The third-order valence-electron chi connectivity index (χ3n) is 3.63. The van der Waals surface area contributed by atoms with Gasteiger partial charge in [-0.15, -0.1) is 5.10 Å². The number of para-hydroxylation sites is 1. The second-order valence-electron chi connectivity index (χ2n) is 4.84. The molecule has 1 atom stereocenters. The van der Waals surface area contributed by atoms with Gasteiger partial charge in [0, 0.05) is 19.3 Å². The molecule has 1 unspecified atom stereocenters. The molecule has 8 heteroatoms. The molecular formula is C13H16N4O3S. The van der Waals surface area contributed by atoms with Crippen LogP contribution in [0.25, 0.3) is 0 Å². The summed E-state index contributed by atoms with van der Waals surface area (Å²) in [5.74, 6) is 0.363. The maximum absolute atomic E-state index is 12.7. The molecule has 0 radical (unpaired) electrons. The van der Waals surface area contributed by atoms with E-state index in [9.17, 15) is 8.42 Å². The van der Waals surface area contributed by atoms with Gasteiger partial charge in [-0.25, -0.2) is 13.1 Å². The second kappa shape index (κ2) is 5.45. The van der Waals surface area contributed by atoms with Crippen molar-refractivity contribution in [2.24, 2.45) is 0 Å². The fourth-order valence-electron chi connectivity index (χ4n) is 2.53. The van der Waals surface area contributed by atoms with Crippen molar-refractivity contribution in [2.75, 3.05) is 20.2 Å². The molecule has 1 aromatic heterocycles. The normalized spacial score (nSPS) is 19.8. The Bertz CT molecular complexity index is 715. The molecule has 1 aromatic carbocycles. The van der Waals surface area contributed by atoms with Crippen molar-refractivity contribution in [3.63, 3.8) is 0 Å². The number of hydrogen-bond donors (Lipinski definition) is 0. The molecule has 0 aliphatic carbocycles. The topological polar surface area (TPSA) is 77.3 Å². The number of benzene rings is 1. The molecule has 21 heavy (non-hydrogen) atoms. The highest BCUT2D eigenvalue weighted by Gasteiger charge is 2.35. The summed E-state index contributed by atoms with van der Waals surface area (Å²) in [6.45, 7) is 0.856. The van der Waals surface area contributed by atoms with E-state index in [0.29, 0.717) is 18.8 Å². The van der Waals surface area contributed by atoms with Crippen molar-refractivity contribution in [3.05, 3.63) is 36.7 Å². The summed E-state index contributed by atoms with van der Waals surface area (Å²) >= 11 is 0. The zero-order chi connectivity index (χ0) is 14.9. The van der Waals surface area contributed by atoms with E-state index in [1.54, 1.807) is 41.3 Å². The van der Waals surface area contributed by atoms with Gasteiger partial charge in [0.1, 0.15) is 10.6 Å². The van der Waals surface area contributed by atoms with Gasteiger partial charge in [-0.3, -0.25) is 0 Å². The highest BCUT2D eigenvalue weighted by molar-refractivity contribution is 7.89. The van der Waals surface area contributed by atoms with E-state index in [1.807, 2.05) is 0 Å². The van der Waals surface area contributed by atoms with Gasteiger partial charge in [0.15, 0.2) is 0 Å². The number of ether oxygens (including phenoxy) is 1. The number of aromatic nitrogens is 3. The molecule has 0 spiro atoms. The van der Waals surface area contributed by atoms with Crippen LogP contribution in [0.1, 0.15) is 12.5 Å². The molecule has 0 saturated carbocycles. The van der Waals surface area contributed by atoms with Gasteiger partial charge in [0.05, 0.1) is 19.3 Å². The van der Waals surface area contributed by atoms with Gasteiger partial charge in [0.25, 0.3) is 0 Å². The quantitative estimate of drug-likeness (QED) is 0.839. The Morgan fingerprint density at radius 3 is 2.86 bits per heavy atom. The van der Waals surface area contributed by atoms with E-state index < -0.39 is 10.0 Å². The molecule has 112 valence electrons. The monoisotopic (exact) mass is 308 g/mol. The predicted molar refractivity (Wildman–Crippen MR) is 75.4 cm³/mol. The minimum Gasteiger partial charge on any atom is -0.495 e. The molecular weight excluding hydrogens is 292 g/mol. The van der Waals surface area contributed by atoms with Crippen LogP contribution in [-0.4, -0.2) is 47.9 Å². The van der Waals surface area contributed by atoms with Crippen molar-refractivity contribution < 1.29 is 13.2 Å². The third kappa shape index (κ3) is 2.52. The molecule has 1 fully saturated rings. The van der Waals surface area contributed by atoms with E-state index in [1.165, 1.54) is 11.4 Å². The Morgan fingerprint density at radius 2 is 2.14 bits per heavy atom. The fourth-order valence-corrected chi connectivity index (χ4v) is 4.18. The Labute approximate surface area is 123 Å². The van der Waals surface area contributed by atoms with E-state index in [2.05, 4.69) is 10.3 Å². The van der Waals surface area contributed by atoms with Gasteiger partial charge in [-0.1, -0.05) is 17.3 Å². The lowest BCUT2D eigenvalue weighted by atomic mass is 10.3. The van der Waals surface area contributed by atoms with Crippen molar-refractivity contribution in [2.45, 2.75) is 17.4 Å². The minimum absolute atomic E-state index is 0.0250. The summed E-state index contributed by atoms with van der Waals surface area (Å²) in [5.41, 5.74) is 0. The SMILES string of the molecule is COc1ccccc1S(=O)(=O)N1CCC(n2ccnn2)C1. The predicted octanol–water partition coefficient (Wildman–Crippen LogP) is 0.922. The highest BCUT2D eigenvalue weighted by Crippen LogP contribution is 2.31. The standard InChI is InChI=1S/C13H16N4O3S/c1-20-12-4-2-3-5-13(12)21(18,19)16-8-6-11(10-16)17-9-7-14-15-17/h2-5,7,9,11H,6,8,10H2,1H3. The maximum atomic E-state index is 12.7. The zero-order valence-electron chi connectivity index (χ0n) is 11.6. The summed E-state index contributed by atoms with van der Waals surface area (Å²) in [4.78, 5) is 0.201. The lowest BCUT2D eigenvalue weighted by Gasteiger charge is -2.18. The molecule has 0 N–H and O–H groups in total. The van der Waals surface area contributed by atoms with Gasteiger partial charge in [0.2, 0.25) is 10.0 Å². The Morgan fingerprint density at radius 1 is 1.33 bits per heavy atom. The average Bonchev–Trinajstić information content (AvgIpc) is 3.17. The van der Waals surface area contributed by atoms with Crippen LogP contribution < -0.4 is 4.74 Å². The largest absolute Gasteiger partial charge is 0.495 e. The van der Waals surface area contributed by atoms with E-state index >= 15 is 0 Å². The van der Waals surface area contributed by atoms with Crippen LogP contribution in [0.4, 0.5) is 0 Å². The smallest absolute Gasteiger partial charge is 0.246 e. The number of rotatable bonds is 4. The van der Waals surface area contributed by atoms with Gasteiger partial charge in [-0.2, -0.15) is 4.31 Å². The van der Waals surface area contributed by atoms with Gasteiger partial charge < -0.3 is 4.74 Å². The molecule has 1 saturated heterocycles. The third-order valence-corrected chi connectivity index (χ3v) is 5.53. The van der Waals surface area contributed by atoms with Crippen LogP contribution in [-0.2, 0) is 10.0 Å². The summed E-state index contributed by atoms with van der Waals surface area (Å²) in [6, 6.07) is 6.69. The fraction of sp³-hybridized carbons (Fsp3) is 0.385. The van der Waals surface area contributed by atoms with E-state index in [0.717, 1.165) is 6.42 Å².